The zero-order valence-electron chi connectivity index (χ0n) is 13.7. The lowest BCUT2D eigenvalue weighted by Crippen LogP contribution is -2.49. The first kappa shape index (κ1) is 17.0. The molecule has 128 valence electrons. The normalized spacial score (nSPS) is 21.6. The van der Waals surface area contributed by atoms with Crippen molar-refractivity contribution in [3.8, 4) is 0 Å². The Morgan fingerprint density at radius 3 is 3.08 bits per heavy atom. The van der Waals surface area contributed by atoms with Gasteiger partial charge in [0.15, 0.2) is 5.13 Å². The highest BCUT2D eigenvalue weighted by atomic mass is 32.1. The summed E-state index contributed by atoms with van der Waals surface area (Å²) in [7, 11) is 1.73. The topological polar surface area (TPSA) is 45.7 Å². The van der Waals surface area contributed by atoms with E-state index in [4.69, 9.17) is 4.74 Å². The number of hydrogen-bond donors (Lipinski definition) is 0. The summed E-state index contributed by atoms with van der Waals surface area (Å²) in [6, 6.07) is 6.43. The Kier molecular flexibility index (Phi) is 5.23. The first-order valence-corrected chi connectivity index (χ1v) is 8.71. The smallest absolute Gasteiger partial charge is 0.242 e. The first-order chi connectivity index (χ1) is 11.6. The van der Waals surface area contributed by atoms with Crippen LogP contribution in [0.3, 0.4) is 0 Å². The van der Waals surface area contributed by atoms with Crippen LogP contribution in [0, 0.1) is 5.82 Å². The minimum atomic E-state index is -0.278. The van der Waals surface area contributed by atoms with Crippen LogP contribution in [0.2, 0.25) is 0 Å². The van der Waals surface area contributed by atoms with Crippen molar-refractivity contribution in [3.63, 3.8) is 0 Å². The molecule has 0 bridgehead atoms. The third kappa shape index (κ3) is 3.63. The molecule has 1 amide bonds. The number of ether oxygens (including phenoxy) is 1. The highest BCUT2D eigenvalue weighted by Gasteiger charge is 2.32. The van der Waals surface area contributed by atoms with Gasteiger partial charge in [-0.15, -0.1) is 11.3 Å². The van der Waals surface area contributed by atoms with Crippen LogP contribution in [-0.2, 0) is 9.53 Å². The molecule has 0 spiro atoms. The van der Waals surface area contributed by atoms with E-state index < -0.39 is 0 Å². The van der Waals surface area contributed by atoms with Crippen molar-refractivity contribution in [1.82, 2.24) is 9.88 Å². The van der Waals surface area contributed by atoms with E-state index in [0.717, 1.165) is 5.56 Å². The number of carbonyl (C=O) groups is 1. The molecule has 1 aliphatic rings. The van der Waals surface area contributed by atoms with Crippen LogP contribution < -0.4 is 4.90 Å². The van der Waals surface area contributed by atoms with Crippen LogP contribution >= 0.6 is 11.3 Å². The Morgan fingerprint density at radius 1 is 1.54 bits per heavy atom. The summed E-state index contributed by atoms with van der Waals surface area (Å²) >= 11 is 1.43. The molecule has 0 saturated carbocycles. The summed E-state index contributed by atoms with van der Waals surface area (Å²) < 4.78 is 19.3. The number of thiazole rings is 1. The van der Waals surface area contributed by atoms with Crippen LogP contribution in [0.1, 0.15) is 18.6 Å². The first-order valence-electron chi connectivity index (χ1n) is 7.83. The Morgan fingerprint density at radius 2 is 2.38 bits per heavy atom. The van der Waals surface area contributed by atoms with Gasteiger partial charge in [-0.05, 0) is 24.6 Å². The van der Waals surface area contributed by atoms with E-state index in [0.29, 0.717) is 18.3 Å². The molecule has 24 heavy (non-hydrogen) atoms. The van der Waals surface area contributed by atoms with E-state index in [1.165, 1.54) is 23.5 Å². The van der Waals surface area contributed by atoms with Gasteiger partial charge in [-0.2, -0.15) is 0 Å². The SMILES string of the molecule is C[C@@H]1[C@@H](c2cccc(F)c2)OCCN1CC(=O)N(C)c1nccs1. The molecule has 1 saturated heterocycles. The van der Waals surface area contributed by atoms with E-state index in [1.54, 1.807) is 24.2 Å². The van der Waals surface area contributed by atoms with Gasteiger partial charge in [-0.1, -0.05) is 12.1 Å². The summed E-state index contributed by atoms with van der Waals surface area (Å²) in [5, 5.41) is 2.53. The van der Waals surface area contributed by atoms with Gasteiger partial charge in [-0.25, -0.2) is 9.37 Å². The second-order valence-electron chi connectivity index (χ2n) is 5.82. The second-order valence-corrected chi connectivity index (χ2v) is 6.70. The molecule has 3 rings (SSSR count). The number of aromatic nitrogens is 1. The quantitative estimate of drug-likeness (QED) is 0.851. The largest absolute Gasteiger partial charge is 0.371 e. The maximum absolute atomic E-state index is 13.5. The van der Waals surface area contributed by atoms with Gasteiger partial charge in [0, 0.05) is 31.2 Å². The van der Waals surface area contributed by atoms with Crippen LogP contribution in [0.4, 0.5) is 9.52 Å². The summed E-state index contributed by atoms with van der Waals surface area (Å²) in [6.07, 6.45) is 1.44. The Balaban J connectivity index is 1.69. The Labute approximate surface area is 144 Å². The van der Waals surface area contributed by atoms with Crippen molar-refractivity contribution in [2.75, 3.05) is 31.6 Å². The van der Waals surface area contributed by atoms with E-state index >= 15 is 0 Å². The molecule has 0 unspecified atom stereocenters. The Hall–Kier alpha value is -1.83. The zero-order chi connectivity index (χ0) is 17.1. The maximum atomic E-state index is 13.5. The van der Waals surface area contributed by atoms with E-state index in [2.05, 4.69) is 9.88 Å². The van der Waals surface area contributed by atoms with Crippen molar-refractivity contribution in [3.05, 3.63) is 47.2 Å². The summed E-state index contributed by atoms with van der Waals surface area (Å²) in [5.74, 6) is -0.295. The van der Waals surface area contributed by atoms with E-state index in [9.17, 15) is 9.18 Å². The number of halogens is 1. The number of morpholine rings is 1. The number of carbonyl (C=O) groups excluding carboxylic acids is 1. The Bertz CT molecular complexity index is 695. The van der Waals surface area contributed by atoms with Crippen LogP contribution in [0.15, 0.2) is 35.8 Å². The van der Waals surface area contributed by atoms with Crippen molar-refractivity contribution < 1.29 is 13.9 Å². The number of likely N-dealkylation sites (N-methyl/N-ethyl adjacent to an activating group) is 1. The molecule has 5 nitrogen and oxygen atoms in total. The van der Waals surface area contributed by atoms with Crippen molar-refractivity contribution in [2.24, 2.45) is 0 Å². The lowest BCUT2D eigenvalue weighted by atomic mass is 10.0. The fraction of sp³-hybridized carbons (Fsp3) is 0.412. The molecular weight excluding hydrogens is 329 g/mol. The lowest BCUT2D eigenvalue weighted by molar-refractivity contribution is -0.124. The third-order valence-corrected chi connectivity index (χ3v) is 5.13. The summed E-state index contributed by atoms with van der Waals surface area (Å²) in [4.78, 5) is 20.3. The monoisotopic (exact) mass is 349 g/mol. The molecule has 2 aromatic rings. The summed E-state index contributed by atoms with van der Waals surface area (Å²) in [6.45, 7) is 3.47. The molecule has 1 aliphatic heterocycles. The second kappa shape index (κ2) is 7.38. The average molecular weight is 349 g/mol. The minimum Gasteiger partial charge on any atom is -0.371 e. The maximum Gasteiger partial charge on any atom is 0.242 e. The number of hydrogen-bond acceptors (Lipinski definition) is 5. The fourth-order valence-electron chi connectivity index (χ4n) is 2.88. The zero-order valence-corrected chi connectivity index (χ0v) is 14.5. The standard InChI is InChI=1S/C17H20FN3O2S/c1-12-16(13-4-3-5-14(18)10-13)23-8-7-21(12)11-15(22)20(2)17-19-6-9-24-17/h3-6,9-10,12,16H,7-8,11H2,1-2H3/t12-,16+/m1/s1. The van der Waals surface area contributed by atoms with Crippen LogP contribution in [0.5, 0.6) is 0 Å². The fourth-order valence-corrected chi connectivity index (χ4v) is 3.51. The molecule has 0 radical (unpaired) electrons. The molecule has 2 heterocycles. The highest BCUT2D eigenvalue weighted by Crippen LogP contribution is 2.29. The van der Waals surface area contributed by atoms with Crippen LogP contribution in [-0.4, -0.2) is 48.6 Å². The molecular formula is C17H20FN3O2S. The van der Waals surface area contributed by atoms with Gasteiger partial charge < -0.3 is 4.74 Å². The van der Waals surface area contributed by atoms with Crippen molar-refractivity contribution in [2.45, 2.75) is 19.1 Å². The minimum absolute atomic E-state index is 0.0170. The van der Waals surface area contributed by atoms with Crippen molar-refractivity contribution in [1.29, 1.82) is 0 Å². The lowest BCUT2D eigenvalue weighted by Gasteiger charge is -2.39. The predicted molar refractivity (Wildman–Crippen MR) is 91.7 cm³/mol. The molecule has 2 atom stereocenters. The predicted octanol–water partition coefficient (Wildman–Crippen LogP) is 2.71. The van der Waals surface area contributed by atoms with Gasteiger partial charge in [0.25, 0.3) is 0 Å². The number of rotatable bonds is 4. The van der Waals surface area contributed by atoms with Gasteiger partial charge in [0.2, 0.25) is 5.91 Å². The summed E-state index contributed by atoms with van der Waals surface area (Å²) in [5.41, 5.74) is 0.799. The van der Waals surface area contributed by atoms with E-state index in [-0.39, 0.29) is 30.4 Å². The number of nitrogens with zero attached hydrogens (tertiary/aromatic N) is 3. The van der Waals surface area contributed by atoms with Crippen molar-refractivity contribution >= 4 is 22.4 Å². The molecule has 0 N–H and O–H groups in total. The van der Waals surface area contributed by atoms with Crippen LogP contribution in [0.25, 0.3) is 0 Å². The number of anilines is 1. The third-order valence-electron chi connectivity index (χ3n) is 4.29. The highest BCUT2D eigenvalue weighted by molar-refractivity contribution is 7.13. The molecule has 7 heteroatoms. The molecule has 1 fully saturated rings. The van der Waals surface area contributed by atoms with Gasteiger partial charge in [-0.3, -0.25) is 14.6 Å². The average Bonchev–Trinajstić information content (AvgIpc) is 3.10. The number of amides is 1. The molecule has 1 aromatic heterocycles. The molecule has 1 aromatic carbocycles. The van der Waals surface area contributed by atoms with Gasteiger partial charge in [0.05, 0.1) is 19.3 Å². The van der Waals surface area contributed by atoms with E-state index in [1.807, 2.05) is 18.4 Å². The number of benzene rings is 1. The van der Waals surface area contributed by atoms with Gasteiger partial charge >= 0.3 is 0 Å². The van der Waals surface area contributed by atoms with Gasteiger partial charge in [0.1, 0.15) is 5.82 Å². The molecule has 0 aliphatic carbocycles.